The van der Waals surface area contributed by atoms with Crippen molar-refractivity contribution in [3.63, 3.8) is 0 Å². The fraction of sp³-hybridized carbons (Fsp3) is 0.812. The minimum absolute atomic E-state index is 0.197. The molecule has 0 heterocycles. The molecule has 0 bridgehead atoms. The minimum Gasteiger partial charge on any atom is -0.463 e. The summed E-state index contributed by atoms with van der Waals surface area (Å²) in [6.45, 7) is 8.11. The van der Waals surface area contributed by atoms with Crippen molar-refractivity contribution in [1.29, 1.82) is 0 Å². The lowest BCUT2D eigenvalue weighted by Crippen LogP contribution is -2.27. The molecule has 132 valence electrons. The smallest absolute Gasteiger partial charge is 0.307 e. The normalized spacial score (nSPS) is 10.6. The number of methoxy groups -OCH3 is 1. The Balaban J connectivity index is 0. The van der Waals surface area contributed by atoms with Gasteiger partial charge in [-0.3, -0.25) is 4.79 Å². The molecule has 2 N–H and O–H groups in total. The molecule has 6 heteroatoms. The summed E-state index contributed by atoms with van der Waals surface area (Å²) < 4.78 is 15.0. The SMILES string of the molecule is CC=CCC.COCCOC(=O)CCN(C)CCOCCN. The van der Waals surface area contributed by atoms with Crippen LogP contribution in [-0.4, -0.2) is 71.1 Å². The fourth-order valence-corrected chi connectivity index (χ4v) is 1.35. The Morgan fingerprint density at radius 3 is 2.41 bits per heavy atom. The van der Waals surface area contributed by atoms with E-state index in [0.717, 1.165) is 13.0 Å². The van der Waals surface area contributed by atoms with Crippen LogP contribution < -0.4 is 5.73 Å². The standard InChI is InChI=1S/C11H24N2O4.C5H10/c1-13(6-8-16-7-4-12)5-3-11(14)17-10-9-15-2;1-3-5-4-2/h3-10,12H2,1-2H3;3,5H,4H2,1-2H3. The van der Waals surface area contributed by atoms with Crippen LogP contribution in [0.2, 0.25) is 0 Å². The second kappa shape index (κ2) is 20.1. The number of hydrogen-bond donors (Lipinski definition) is 1. The lowest BCUT2D eigenvalue weighted by Gasteiger charge is -2.15. The molecule has 0 saturated heterocycles. The highest BCUT2D eigenvalue weighted by molar-refractivity contribution is 5.69. The molecule has 0 aromatic carbocycles. The van der Waals surface area contributed by atoms with Gasteiger partial charge in [0.15, 0.2) is 0 Å². The second-order valence-electron chi connectivity index (χ2n) is 4.64. The van der Waals surface area contributed by atoms with Crippen molar-refractivity contribution in [1.82, 2.24) is 4.90 Å². The fourth-order valence-electron chi connectivity index (χ4n) is 1.35. The Morgan fingerprint density at radius 1 is 1.18 bits per heavy atom. The number of esters is 1. The van der Waals surface area contributed by atoms with Crippen LogP contribution in [0.15, 0.2) is 12.2 Å². The van der Waals surface area contributed by atoms with E-state index < -0.39 is 0 Å². The molecule has 6 nitrogen and oxygen atoms in total. The van der Waals surface area contributed by atoms with Crippen molar-refractivity contribution < 1.29 is 19.0 Å². The van der Waals surface area contributed by atoms with Gasteiger partial charge in [-0.2, -0.15) is 0 Å². The van der Waals surface area contributed by atoms with E-state index in [-0.39, 0.29) is 5.97 Å². The van der Waals surface area contributed by atoms with E-state index in [0.29, 0.717) is 45.9 Å². The summed E-state index contributed by atoms with van der Waals surface area (Å²) >= 11 is 0. The number of nitrogens with zero attached hydrogens (tertiary/aromatic N) is 1. The third-order valence-corrected chi connectivity index (χ3v) is 2.60. The third-order valence-electron chi connectivity index (χ3n) is 2.60. The van der Waals surface area contributed by atoms with E-state index in [4.69, 9.17) is 19.9 Å². The van der Waals surface area contributed by atoms with E-state index in [9.17, 15) is 4.79 Å². The van der Waals surface area contributed by atoms with Gasteiger partial charge in [-0.25, -0.2) is 0 Å². The van der Waals surface area contributed by atoms with E-state index in [1.54, 1.807) is 7.11 Å². The summed E-state index contributed by atoms with van der Waals surface area (Å²) in [7, 11) is 3.51. The minimum atomic E-state index is -0.197. The van der Waals surface area contributed by atoms with Gasteiger partial charge < -0.3 is 24.8 Å². The maximum atomic E-state index is 11.2. The molecule has 0 aromatic heterocycles. The highest BCUT2D eigenvalue weighted by Crippen LogP contribution is 1.91. The molecule has 0 fully saturated rings. The summed E-state index contributed by atoms with van der Waals surface area (Å²) in [4.78, 5) is 13.3. The van der Waals surface area contributed by atoms with Gasteiger partial charge in [0.2, 0.25) is 0 Å². The van der Waals surface area contributed by atoms with Crippen LogP contribution in [0, 0.1) is 0 Å². The number of carbonyl (C=O) groups excluding carboxylic acids is 1. The molecular weight excluding hydrogens is 284 g/mol. The number of allylic oxidation sites excluding steroid dienone is 2. The first-order chi connectivity index (χ1) is 10.6. The number of likely N-dealkylation sites (N-methyl/N-ethyl adjacent to an activating group) is 1. The molecule has 0 aliphatic heterocycles. The number of carbonyl (C=O) groups is 1. The zero-order chi connectivity index (χ0) is 17.1. The average Bonchev–Trinajstić information content (AvgIpc) is 2.51. The monoisotopic (exact) mass is 318 g/mol. The van der Waals surface area contributed by atoms with Crippen LogP contribution >= 0.6 is 0 Å². The van der Waals surface area contributed by atoms with Gasteiger partial charge in [0.25, 0.3) is 0 Å². The number of hydrogen-bond acceptors (Lipinski definition) is 6. The van der Waals surface area contributed by atoms with E-state index in [1.165, 1.54) is 0 Å². The summed E-state index contributed by atoms with van der Waals surface area (Å²) in [5, 5.41) is 0. The number of nitrogens with two attached hydrogens (primary N) is 1. The van der Waals surface area contributed by atoms with Gasteiger partial charge in [0.05, 0.1) is 26.2 Å². The quantitative estimate of drug-likeness (QED) is 0.333. The predicted octanol–water partition coefficient (Wildman–Crippen LogP) is 1.45. The van der Waals surface area contributed by atoms with Crippen molar-refractivity contribution in [2.45, 2.75) is 26.7 Å². The first kappa shape index (κ1) is 23.3. The summed E-state index contributed by atoms with van der Waals surface area (Å²) in [6, 6.07) is 0. The molecule has 0 amide bonds. The molecule has 0 rings (SSSR count). The van der Waals surface area contributed by atoms with Gasteiger partial charge >= 0.3 is 5.97 Å². The molecule has 0 radical (unpaired) electrons. The molecule has 0 aliphatic carbocycles. The predicted molar refractivity (Wildman–Crippen MR) is 89.9 cm³/mol. The van der Waals surface area contributed by atoms with Gasteiger partial charge in [-0.05, 0) is 20.4 Å². The number of ether oxygens (including phenoxy) is 3. The second-order valence-corrected chi connectivity index (χ2v) is 4.64. The van der Waals surface area contributed by atoms with Gasteiger partial charge in [-0.1, -0.05) is 19.1 Å². The Labute approximate surface area is 135 Å². The topological polar surface area (TPSA) is 74.0 Å². The Bertz CT molecular complexity index is 261. The highest BCUT2D eigenvalue weighted by atomic mass is 16.6. The molecule has 0 spiro atoms. The zero-order valence-corrected chi connectivity index (χ0v) is 14.7. The Morgan fingerprint density at radius 2 is 1.91 bits per heavy atom. The molecule has 0 saturated carbocycles. The summed E-state index contributed by atoms with van der Waals surface area (Å²) in [5.41, 5.74) is 5.29. The van der Waals surface area contributed by atoms with Gasteiger partial charge in [0, 0.05) is 26.7 Å². The van der Waals surface area contributed by atoms with Gasteiger partial charge in [0.1, 0.15) is 6.61 Å². The van der Waals surface area contributed by atoms with Crippen LogP contribution in [0.3, 0.4) is 0 Å². The zero-order valence-electron chi connectivity index (χ0n) is 14.7. The van der Waals surface area contributed by atoms with Crippen molar-refractivity contribution in [3.8, 4) is 0 Å². The maximum absolute atomic E-state index is 11.2. The van der Waals surface area contributed by atoms with Gasteiger partial charge in [-0.15, -0.1) is 0 Å². The van der Waals surface area contributed by atoms with E-state index in [2.05, 4.69) is 19.1 Å². The third kappa shape index (κ3) is 21.4. The molecule has 0 aromatic rings. The summed E-state index contributed by atoms with van der Waals surface area (Å²) in [6.07, 6.45) is 5.73. The molecule has 22 heavy (non-hydrogen) atoms. The van der Waals surface area contributed by atoms with Crippen LogP contribution in [-0.2, 0) is 19.0 Å². The van der Waals surface area contributed by atoms with E-state index >= 15 is 0 Å². The van der Waals surface area contributed by atoms with Crippen LogP contribution in [0.5, 0.6) is 0 Å². The molecule has 0 unspecified atom stereocenters. The van der Waals surface area contributed by atoms with E-state index in [1.807, 2.05) is 18.9 Å². The molecule has 0 atom stereocenters. The van der Waals surface area contributed by atoms with Crippen molar-refractivity contribution in [2.75, 3.05) is 60.2 Å². The van der Waals surface area contributed by atoms with Crippen molar-refractivity contribution >= 4 is 5.97 Å². The Kier molecular flexibility index (Phi) is 21.3. The molecule has 0 aliphatic rings. The first-order valence-corrected chi connectivity index (χ1v) is 7.84. The largest absolute Gasteiger partial charge is 0.463 e. The lowest BCUT2D eigenvalue weighted by atomic mass is 10.4. The number of rotatable bonds is 12. The highest BCUT2D eigenvalue weighted by Gasteiger charge is 2.05. The van der Waals surface area contributed by atoms with Crippen LogP contribution in [0.4, 0.5) is 0 Å². The average molecular weight is 318 g/mol. The van der Waals surface area contributed by atoms with Crippen molar-refractivity contribution in [2.24, 2.45) is 5.73 Å². The van der Waals surface area contributed by atoms with Crippen molar-refractivity contribution in [3.05, 3.63) is 12.2 Å². The Hall–Kier alpha value is -0.950. The first-order valence-electron chi connectivity index (χ1n) is 7.84. The summed E-state index contributed by atoms with van der Waals surface area (Å²) in [5.74, 6) is -0.197. The molecular formula is C16H34N2O4. The van der Waals surface area contributed by atoms with Crippen LogP contribution in [0.25, 0.3) is 0 Å². The van der Waals surface area contributed by atoms with Crippen LogP contribution in [0.1, 0.15) is 26.7 Å². The maximum Gasteiger partial charge on any atom is 0.307 e. The lowest BCUT2D eigenvalue weighted by molar-refractivity contribution is -0.145.